The smallest absolute Gasteiger partial charge is 0.280 e. The molecule has 3 rings (SSSR count). The molecule has 7 nitrogen and oxygen atoms in total. The number of ether oxygens (including phenoxy) is 1. The Kier molecular flexibility index (Phi) is 7.44. The number of carbonyl (C=O) groups excluding carboxylic acids is 1. The molecule has 0 N–H and O–H groups in total. The lowest BCUT2D eigenvalue weighted by Crippen LogP contribution is -2.39. The molecule has 30 heavy (non-hydrogen) atoms. The van der Waals surface area contributed by atoms with Crippen molar-refractivity contribution >= 4 is 32.6 Å². The first-order valence-corrected chi connectivity index (χ1v) is 11.4. The maximum Gasteiger partial charge on any atom is 0.280 e. The number of thiazole rings is 1. The Bertz CT molecular complexity index is 993. The van der Waals surface area contributed by atoms with Gasteiger partial charge in [0, 0.05) is 25.3 Å². The Balaban J connectivity index is 1.99. The fraction of sp³-hybridized carbons (Fsp3) is 0.500. The number of nitrogens with zero attached hydrogens (tertiary/aromatic N) is 5. The van der Waals surface area contributed by atoms with E-state index in [4.69, 9.17) is 9.72 Å². The van der Waals surface area contributed by atoms with Crippen LogP contribution in [0.4, 0.5) is 5.13 Å². The van der Waals surface area contributed by atoms with Crippen LogP contribution in [0.15, 0.2) is 24.3 Å². The average Bonchev–Trinajstić information content (AvgIpc) is 3.35. The van der Waals surface area contributed by atoms with E-state index in [0.717, 1.165) is 47.8 Å². The van der Waals surface area contributed by atoms with Crippen molar-refractivity contribution in [3.8, 4) is 5.75 Å². The molecule has 0 spiro atoms. The van der Waals surface area contributed by atoms with Gasteiger partial charge < -0.3 is 9.64 Å². The van der Waals surface area contributed by atoms with Crippen molar-refractivity contribution in [1.82, 2.24) is 19.7 Å². The predicted molar refractivity (Wildman–Crippen MR) is 123 cm³/mol. The lowest BCUT2D eigenvalue weighted by molar-refractivity contribution is 0.0978. The molecule has 0 saturated heterocycles. The van der Waals surface area contributed by atoms with Gasteiger partial charge in [0.2, 0.25) is 0 Å². The molecule has 0 aliphatic carbocycles. The number of hydrogen-bond donors (Lipinski definition) is 0. The predicted octanol–water partition coefficient (Wildman–Crippen LogP) is 4.21. The number of aromatic nitrogens is 3. The molecule has 0 aliphatic heterocycles. The maximum atomic E-state index is 13.5. The molecule has 0 saturated carbocycles. The normalized spacial score (nSPS) is 11.4. The SMILES string of the molecule is CCOc1cccc2sc(N(CCN(CC)CC)C(=O)c3cc(C)n(CC)n3)nc12. The summed E-state index contributed by atoms with van der Waals surface area (Å²) >= 11 is 1.51. The highest BCUT2D eigenvalue weighted by molar-refractivity contribution is 7.22. The number of para-hydroxylation sites is 1. The van der Waals surface area contributed by atoms with Gasteiger partial charge in [0.1, 0.15) is 11.3 Å². The van der Waals surface area contributed by atoms with E-state index in [1.54, 1.807) is 4.90 Å². The summed E-state index contributed by atoms with van der Waals surface area (Å²) in [7, 11) is 0. The Hall–Kier alpha value is -2.45. The van der Waals surface area contributed by atoms with E-state index in [-0.39, 0.29) is 5.91 Å². The standard InChI is InChI=1S/C22H31N5O2S/c1-6-25(7-2)13-14-26(21(28)17-15-16(5)27(8-3)24-17)22-23-20-18(29-9-4)11-10-12-19(20)30-22/h10-12,15H,6-9,13-14H2,1-5H3. The van der Waals surface area contributed by atoms with Crippen LogP contribution in [-0.2, 0) is 6.54 Å². The second-order valence-corrected chi connectivity index (χ2v) is 8.01. The van der Waals surface area contributed by atoms with Gasteiger partial charge in [0.15, 0.2) is 10.8 Å². The minimum absolute atomic E-state index is 0.116. The second-order valence-electron chi connectivity index (χ2n) is 7.00. The second kappa shape index (κ2) is 10.0. The van der Waals surface area contributed by atoms with Gasteiger partial charge in [-0.05, 0) is 52.1 Å². The molecule has 0 unspecified atom stereocenters. The zero-order valence-corrected chi connectivity index (χ0v) is 19.3. The number of benzene rings is 1. The van der Waals surface area contributed by atoms with Crippen molar-refractivity contribution in [3.63, 3.8) is 0 Å². The molecule has 2 heterocycles. The number of carbonyl (C=O) groups is 1. The third-order valence-corrected chi connectivity index (χ3v) is 6.22. The summed E-state index contributed by atoms with van der Waals surface area (Å²) in [6.07, 6.45) is 0. The Morgan fingerprint density at radius 2 is 1.93 bits per heavy atom. The van der Waals surface area contributed by atoms with Crippen LogP contribution in [0, 0.1) is 6.92 Å². The van der Waals surface area contributed by atoms with E-state index in [0.29, 0.717) is 24.0 Å². The topological polar surface area (TPSA) is 63.5 Å². The Morgan fingerprint density at radius 1 is 1.17 bits per heavy atom. The van der Waals surface area contributed by atoms with E-state index in [2.05, 4.69) is 23.8 Å². The van der Waals surface area contributed by atoms with Gasteiger partial charge in [-0.25, -0.2) is 4.98 Å². The summed E-state index contributed by atoms with van der Waals surface area (Å²) < 4.78 is 8.60. The van der Waals surface area contributed by atoms with Gasteiger partial charge >= 0.3 is 0 Å². The van der Waals surface area contributed by atoms with E-state index in [9.17, 15) is 4.79 Å². The summed E-state index contributed by atoms with van der Waals surface area (Å²) in [6.45, 7) is 14.7. The number of fused-ring (bicyclic) bond motifs is 1. The van der Waals surface area contributed by atoms with Crippen LogP contribution in [-0.4, -0.2) is 58.4 Å². The highest BCUT2D eigenvalue weighted by atomic mass is 32.1. The summed E-state index contributed by atoms with van der Waals surface area (Å²) in [5, 5.41) is 5.19. The molecule has 162 valence electrons. The van der Waals surface area contributed by atoms with Crippen molar-refractivity contribution in [2.45, 2.75) is 41.2 Å². The summed E-state index contributed by atoms with van der Waals surface area (Å²) in [6, 6.07) is 7.75. The molecule has 1 aromatic carbocycles. The lowest BCUT2D eigenvalue weighted by Gasteiger charge is -2.24. The fourth-order valence-corrected chi connectivity index (χ4v) is 4.44. The number of hydrogen-bond acceptors (Lipinski definition) is 6. The molecule has 0 aliphatic rings. The molecular formula is C22H31N5O2S. The van der Waals surface area contributed by atoms with Gasteiger partial charge in [-0.1, -0.05) is 31.3 Å². The molecular weight excluding hydrogens is 398 g/mol. The van der Waals surface area contributed by atoms with Crippen LogP contribution in [0.3, 0.4) is 0 Å². The van der Waals surface area contributed by atoms with Crippen LogP contribution in [0.2, 0.25) is 0 Å². The van der Waals surface area contributed by atoms with Gasteiger partial charge in [-0.3, -0.25) is 14.4 Å². The summed E-state index contributed by atoms with van der Waals surface area (Å²) in [4.78, 5) is 22.3. The van der Waals surface area contributed by atoms with E-state index < -0.39 is 0 Å². The monoisotopic (exact) mass is 429 g/mol. The van der Waals surface area contributed by atoms with Crippen LogP contribution in [0.1, 0.15) is 43.9 Å². The zero-order valence-electron chi connectivity index (χ0n) is 18.5. The maximum absolute atomic E-state index is 13.5. The fourth-order valence-electron chi connectivity index (χ4n) is 3.44. The summed E-state index contributed by atoms with van der Waals surface area (Å²) in [5.41, 5.74) is 2.24. The molecule has 3 aromatic rings. The van der Waals surface area contributed by atoms with Crippen LogP contribution >= 0.6 is 11.3 Å². The highest BCUT2D eigenvalue weighted by Gasteiger charge is 2.25. The summed E-state index contributed by atoms with van der Waals surface area (Å²) in [5.74, 6) is 0.634. The molecule has 0 fully saturated rings. The number of likely N-dealkylation sites (N-methyl/N-ethyl adjacent to an activating group) is 1. The third-order valence-electron chi connectivity index (χ3n) is 5.18. The minimum atomic E-state index is -0.116. The Labute approximate surface area is 182 Å². The molecule has 1 amide bonds. The number of aryl methyl sites for hydroxylation is 2. The van der Waals surface area contributed by atoms with E-state index in [1.165, 1.54) is 11.3 Å². The van der Waals surface area contributed by atoms with Gasteiger partial charge in [0.05, 0.1) is 11.3 Å². The Morgan fingerprint density at radius 3 is 2.57 bits per heavy atom. The molecule has 0 bridgehead atoms. The van der Waals surface area contributed by atoms with E-state index in [1.807, 2.05) is 49.7 Å². The number of anilines is 1. The van der Waals surface area contributed by atoms with Crippen molar-refractivity contribution < 1.29 is 9.53 Å². The van der Waals surface area contributed by atoms with Crippen molar-refractivity contribution in [1.29, 1.82) is 0 Å². The zero-order chi connectivity index (χ0) is 21.7. The first kappa shape index (κ1) is 22.2. The van der Waals surface area contributed by atoms with E-state index >= 15 is 0 Å². The molecule has 0 atom stereocenters. The van der Waals surface area contributed by atoms with Gasteiger partial charge in [-0.15, -0.1) is 0 Å². The number of amides is 1. The van der Waals surface area contributed by atoms with Crippen LogP contribution in [0.5, 0.6) is 5.75 Å². The molecule has 2 aromatic heterocycles. The quantitative estimate of drug-likeness (QED) is 0.483. The lowest BCUT2D eigenvalue weighted by atomic mass is 10.3. The van der Waals surface area contributed by atoms with Crippen LogP contribution in [0.25, 0.3) is 10.2 Å². The largest absolute Gasteiger partial charge is 0.492 e. The minimum Gasteiger partial charge on any atom is -0.492 e. The average molecular weight is 430 g/mol. The third kappa shape index (κ3) is 4.65. The first-order chi connectivity index (χ1) is 14.5. The highest BCUT2D eigenvalue weighted by Crippen LogP contribution is 2.34. The first-order valence-electron chi connectivity index (χ1n) is 10.6. The van der Waals surface area contributed by atoms with Crippen molar-refractivity contribution in [2.24, 2.45) is 0 Å². The molecule has 8 heteroatoms. The number of rotatable bonds is 10. The van der Waals surface area contributed by atoms with Gasteiger partial charge in [-0.2, -0.15) is 5.10 Å². The van der Waals surface area contributed by atoms with Gasteiger partial charge in [0.25, 0.3) is 5.91 Å². The van der Waals surface area contributed by atoms with Crippen LogP contribution < -0.4 is 9.64 Å². The van der Waals surface area contributed by atoms with Crippen molar-refractivity contribution in [3.05, 3.63) is 35.7 Å². The molecule has 0 radical (unpaired) electrons. The van der Waals surface area contributed by atoms with Crippen molar-refractivity contribution in [2.75, 3.05) is 37.7 Å².